The first-order valence-electron chi connectivity index (χ1n) is 8.25. The van der Waals surface area contributed by atoms with Gasteiger partial charge in [0.1, 0.15) is 0 Å². The summed E-state index contributed by atoms with van der Waals surface area (Å²) in [6.45, 7) is 5.47. The maximum atomic E-state index is 12.4. The first-order valence-corrected chi connectivity index (χ1v) is 8.25. The van der Waals surface area contributed by atoms with Crippen LogP contribution < -0.4 is 5.32 Å². The number of amides is 2. The van der Waals surface area contributed by atoms with Crippen molar-refractivity contribution in [3.8, 4) is 0 Å². The van der Waals surface area contributed by atoms with Gasteiger partial charge in [-0.25, -0.2) is 0 Å². The minimum Gasteiger partial charge on any atom is -0.349 e. The summed E-state index contributed by atoms with van der Waals surface area (Å²) in [6, 6.07) is 9.86. The second-order valence-electron chi connectivity index (χ2n) is 6.09. The number of benzene rings is 1. The average Bonchev–Trinajstić information content (AvgIpc) is 2.90. The van der Waals surface area contributed by atoms with Gasteiger partial charge in [-0.05, 0) is 18.9 Å². The first-order chi connectivity index (χ1) is 10.6. The fourth-order valence-corrected chi connectivity index (χ4v) is 2.87. The van der Waals surface area contributed by atoms with E-state index < -0.39 is 0 Å². The van der Waals surface area contributed by atoms with Crippen LogP contribution in [0.5, 0.6) is 0 Å². The lowest BCUT2D eigenvalue weighted by Gasteiger charge is -2.18. The molecular formula is C18H26N2O2. The van der Waals surface area contributed by atoms with Gasteiger partial charge in [0.15, 0.2) is 0 Å². The van der Waals surface area contributed by atoms with Gasteiger partial charge in [-0.3, -0.25) is 9.59 Å². The molecule has 0 bridgehead atoms. The molecule has 2 rings (SSSR count). The Morgan fingerprint density at radius 2 is 2.05 bits per heavy atom. The van der Waals surface area contributed by atoms with Crippen LogP contribution in [0.15, 0.2) is 30.3 Å². The molecule has 2 unspecified atom stereocenters. The fourth-order valence-electron chi connectivity index (χ4n) is 2.87. The molecule has 1 aliphatic heterocycles. The third-order valence-corrected chi connectivity index (χ3v) is 4.28. The molecule has 2 amide bonds. The Bertz CT molecular complexity index is 501. The predicted octanol–water partition coefficient (Wildman–Crippen LogP) is 2.90. The first kappa shape index (κ1) is 16.5. The lowest BCUT2D eigenvalue weighted by atomic mass is 10.1. The Balaban J connectivity index is 1.84. The summed E-state index contributed by atoms with van der Waals surface area (Å²) in [7, 11) is 0. The van der Waals surface area contributed by atoms with E-state index in [2.05, 4.69) is 12.2 Å². The highest BCUT2D eigenvalue weighted by atomic mass is 16.2. The molecule has 1 aromatic rings. The van der Waals surface area contributed by atoms with E-state index in [9.17, 15) is 9.59 Å². The van der Waals surface area contributed by atoms with E-state index in [-0.39, 0.29) is 23.8 Å². The van der Waals surface area contributed by atoms with Crippen molar-refractivity contribution >= 4 is 11.8 Å². The van der Waals surface area contributed by atoms with Crippen LogP contribution in [0.25, 0.3) is 0 Å². The molecule has 1 aromatic carbocycles. The fraction of sp³-hybridized carbons (Fsp3) is 0.556. The summed E-state index contributed by atoms with van der Waals surface area (Å²) < 4.78 is 0. The summed E-state index contributed by atoms with van der Waals surface area (Å²) in [6.07, 6.45) is 3.64. The van der Waals surface area contributed by atoms with Crippen LogP contribution in [0.4, 0.5) is 0 Å². The summed E-state index contributed by atoms with van der Waals surface area (Å²) >= 11 is 0. The lowest BCUT2D eigenvalue weighted by Crippen LogP contribution is -2.34. The van der Waals surface area contributed by atoms with Gasteiger partial charge in [-0.15, -0.1) is 0 Å². The van der Waals surface area contributed by atoms with Crippen molar-refractivity contribution in [2.24, 2.45) is 5.92 Å². The van der Waals surface area contributed by atoms with Gasteiger partial charge in [0, 0.05) is 19.5 Å². The maximum absolute atomic E-state index is 12.4. The number of nitrogens with zero attached hydrogens (tertiary/aromatic N) is 1. The van der Waals surface area contributed by atoms with Gasteiger partial charge in [0.2, 0.25) is 11.8 Å². The molecule has 0 radical (unpaired) electrons. The lowest BCUT2D eigenvalue weighted by molar-refractivity contribution is -0.129. The van der Waals surface area contributed by atoms with Gasteiger partial charge in [0.05, 0.1) is 12.0 Å². The summed E-state index contributed by atoms with van der Waals surface area (Å²) in [4.78, 5) is 26.2. The van der Waals surface area contributed by atoms with E-state index in [1.54, 1.807) is 0 Å². The molecule has 2 atom stereocenters. The van der Waals surface area contributed by atoms with Crippen molar-refractivity contribution < 1.29 is 9.59 Å². The number of likely N-dealkylation sites (tertiary alicyclic amines) is 1. The SMILES string of the molecule is CCCCCN1CC(C(=O)NC(C)c2ccccc2)CC1=O. The molecule has 0 spiro atoms. The molecule has 1 N–H and O–H groups in total. The summed E-state index contributed by atoms with van der Waals surface area (Å²) in [5.74, 6) is -0.105. The van der Waals surface area contributed by atoms with Crippen LogP contribution in [0, 0.1) is 5.92 Å². The Labute approximate surface area is 132 Å². The second-order valence-corrected chi connectivity index (χ2v) is 6.09. The van der Waals surface area contributed by atoms with Gasteiger partial charge >= 0.3 is 0 Å². The molecule has 4 nitrogen and oxygen atoms in total. The highest BCUT2D eigenvalue weighted by molar-refractivity contribution is 5.89. The number of carbonyl (C=O) groups excluding carboxylic acids is 2. The van der Waals surface area contributed by atoms with Gasteiger partial charge in [0.25, 0.3) is 0 Å². The van der Waals surface area contributed by atoms with Gasteiger partial charge in [-0.1, -0.05) is 50.1 Å². The highest BCUT2D eigenvalue weighted by Gasteiger charge is 2.34. The minimum atomic E-state index is -0.208. The number of rotatable bonds is 7. The average molecular weight is 302 g/mol. The second kappa shape index (κ2) is 7.97. The number of hydrogen-bond donors (Lipinski definition) is 1. The number of hydrogen-bond acceptors (Lipinski definition) is 2. The third kappa shape index (κ3) is 4.33. The number of nitrogens with one attached hydrogen (secondary N) is 1. The molecule has 0 aliphatic carbocycles. The highest BCUT2D eigenvalue weighted by Crippen LogP contribution is 2.20. The molecule has 1 heterocycles. The van der Waals surface area contributed by atoms with E-state index in [1.165, 1.54) is 0 Å². The summed E-state index contributed by atoms with van der Waals surface area (Å²) in [5, 5.41) is 3.03. The third-order valence-electron chi connectivity index (χ3n) is 4.28. The van der Waals surface area contributed by atoms with Crippen molar-refractivity contribution in [2.75, 3.05) is 13.1 Å². The topological polar surface area (TPSA) is 49.4 Å². The van der Waals surface area contributed by atoms with Crippen LogP contribution in [-0.4, -0.2) is 29.8 Å². The van der Waals surface area contributed by atoms with Crippen LogP contribution in [0.3, 0.4) is 0 Å². The van der Waals surface area contributed by atoms with Crippen molar-refractivity contribution in [1.82, 2.24) is 10.2 Å². The normalized spacial score (nSPS) is 19.3. The monoisotopic (exact) mass is 302 g/mol. The van der Waals surface area contributed by atoms with Crippen LogP contribution in [-0.2, 0) is 9.59 Å². The quantitative estimate of drug-likeness (QED) is 0.787. The van der Waals surface area contributed by atoms with E-state index >= 15 is 0 Å². The van der Waals surface area contributed by atoms with Crippen molar-refractivity contribution in [3.05, 3.63) is 35.9 Å². The van der Waals surface area contributed by atoms with E-state index in [0.29, 0.717) is 13.0 Å². The standard InChI is InChI=1S/C18H26N2O2/c1-3-4-8-11-20-13-16(12-17(20)21)18(22)19-14(2)15-9-6-5-7-10-15/h5-7,9-10,14,16H,3-4,8,11-13H2,1-2H3,(H,19,22). The Hall–Kier alpha value is -1.84. The maximum Gasteiger partial charge on any atom is 0.225 e. The summed E-state index contributed by atoms with van der Waals surface area (Å²) in [5.41, 5.74) is 1.08. The Kier molecular flexibility index (Phi) is 5.99. The Morgan fingerprint density at radius 3 is 2.73 bits per heavy atom. The molecule has 1 aliphatic rings. The smallest absolute Gasteiger partial charge is 0.225 e. The molecule has 120 valence electrons. The minimum absolute atomic E-state index is 0.0114. The molecule has 1 saturated heterocycles. The van der Waals surface area contributed by atoms with E-state index in [0.717, 1.165) is 31.4 Å². The molecule has 22 heavy (non-hydrogen) atoms. The molecule has 1 fully saturated rings. The van der Waals surface area contributed by atoms with Crippen LogP contribution >= 0.6 is 0 Å². The number of carbonyl (C=O) groups is 2. The van der Waals surface area contributed by atoms with Crippen LogP contribution in [0.2, 0.25) is 0 Å². The molecular weight excluding hydrogens is 276 g/mol. The zero-order chi connectivity index (χ0) is 15.9. The van der Waals surface area contributed by atoms with Crippen molar-refractivity contribution in [1.29, 1.82) is 0 Å². The van der Waals surface area contributed by atoms with Gasteiger partial charge < -0.3 is 10.2 Å². The number of unbranched alkanes of at least 4 members (excludes halogenated alkanes) is 2. The Morgan fingerprint density at radius 1 is 1.32 bits per heavy atom. The van der Waals surface area contributed by atoms with Crippen molar-refractivity contribution in [2.45, 2.75) is 45.6 Å². The van der Waals surface area contributed by atoms with Crippen molar-refractivity contribution in [3.63, 3.8) is 0 Å². The van der Waals surface area contributed by atoms with Crippen LogP contribution in [0.1, 0.15) is 51.1 Å². The molecule has 0 aromatic heterocycles. The van der Waals surface area contributed by atoms with Gasteiger partial charge in [-0.2, -0.15) is 0 Å². The van der Waals surface area contributed by atoms with E-state index in [1.807, 2.05) is 42.2 Å². The predicted molar refractivity (Wildman–Crippen MR) is 87.2 cm³/mol. The zero-order valence-corrected chi connectivity index (χ0v) is 13.5. The molecule has 4 heteroatoms. The van der Waals surface area contributed by atoms with E-state index in [4.69, 9.17) is 0 Å². The molecule has 0 saturated carbocycles. The largest absolute Gasteiger partial charge is 0.349 e. The zero-order valence-electron chi connectivity index (χ0n) is 13.5.